The van der Waals surface area contributed by atoms with Crippen LogP contribution in [0.2, 0.25) is 0 Å². The average Bonchev–Trinajstić information content (AvgIpc) is 3.66. The van der Waals surface area contributed by atoms with E-state index in [4.69, 9.17) is 43.2 Å². The van der Waals surface area contributed by atoms with Gasteiger partial charge in [-0.2, -0.15) is 15.4 Å². The number of ether oxygens (including phenoxy) is 6. The van der Waals surface area contributed by atoms with Crippen LogP contribution < -0.4 is 15.3 Å². The summed E-state index contributed by atoms with van der Waals surface area (Å²) in [5.41, 5.74) is 4.26. The molecule has 0 bridgehead atoms. The molecule has 1 aliphatic heterocycles. The van der Waals surface area contributed by atoms with E-state index in [0.29, 0.717) is 5.52 Å². The maximum Gasteiger partial charge on any atom is 0.459 e. The van der Waals surface area contributed by atoms with Crippen molar-refractivity contribution in [1.82, 2.24) is 19.7 Å². The highest BCUT2D eigenvalue weighted by Gasteiger charge is 2.62. The third-order valence-corrected chi connectivity index (χ3v) is 9.20. The van der Waals surface area contributed by atoms with Gasteiger partial charge in [-0.3, -0.25) is 9.32 Å². The van der Waals surface area contributed by atoms with Gasteiger partial charge in [0.2, 0.25) is 5.60 Å². The van der Waals surface area contributed by atoms with E-state index in [2.05, 4.69) is 15.2 Å². The molecule has 3 heterocycles. The molecule has 0 aliphatic carbocycles. The largest absolute Gasteiger partial charge is 0.468 e. The fraction of sp³-hybridized carbons (Fsp3) is 0.467. The summed E-state index contributed by atoms with van der Waals surface area (Å²) in [7, 11) is -0.884. The minimum atomic E-state index is -4.57. The second kappa shape index (κ2) is 15.7. The highest BCUT2D eigenvalue weighted by Crippen LogP contribution is 2.50. The molecule has 1 fully saturated rings. The van der Waals surface area contributed by atoms with Crippen LogP contribution in [0, 0.1) is 11.3 Å². The van der Waals surface area contributed by atoms with Crippen molar-refractivity contribution < 1.29 is 56.4 Å². The smallest absolute Gasteiger partial charge is 0.459 e. The van der Waals surface area contributed by atoms with Gasteiger partial charge in [0.1, 0.15) is 42.4 Å². The van der Waals surface area contributed by atoms with E-state index in [1.165, 1.54) is 58.0 Å². The number of rotatable bonds is 15. The summed E-state index contributed by atoms with van der Waals surface area (Å²) in [5.74, 6) is -2.45. The SMILES string of the molecule is COC(=O)[C@H](C)NP(=O)(OC[C@@]1(C#N)O[C@@H](c2ccc3c(N)ncnn23)[C@H](OC(=O)[C@@H](C)OC)[C@@H]1OC(=O)[C@@H](C)OC)Oc1ccccc1. The summed E-state index contributed by atoms with van der Waals surface area (Å²) >= 11 is 0. The van der Waals surface area contributed by atoms with Crippen molar-refractivity contribution in [2.24, 2.45) is 0 Å². The molecule has 3 N–H and O–H groups in total. The van der Waals surface area contributed by atoms with E-state index >= 15 is 0 Å². The van der Waals surface area contributed by atoms with Gasteiger partial charge in [0.25, 0.3) is 0 Å². The summed E-state index contributed by atoms with van der Waals surface area (Å²) < 4.78 is 60.0. The van der Waals surface area contributed by atoms with E-state index < -0.39 is 74.4 Å². The van der Waals surface area contributed by atoms with Crippen LogP contribution in [0.15, 0.2) is 48.8 Å². The number of fused-ring (bicyclic) bond motifs is 1. The Labute approximate surface area is 281 Å². The fourth-order valence-electron chi connectivity index (χ4n) is 4.73. The molecule has 264 valence electrons. The molecule has 2 aromatic heterocycles. The van der Waals surface area contributed by atoms with Crippen LogP contribution in [0.1, 0.15) is 32.6 Å². The number of carbonyl (C=O) groups excluding carboxylic acids is 3. The Hall–Kier alpha value is -4.63. The maximum absolute atomic E-state index is 14.2. The Morgan fingerprint density at radius 1 is 1.04 bits per heavy atom. The van der Waals surface area contributed by atoms with Crippen LogP contribution in [0.25, 0.3) is 5.52 Å². The molecule has 1 unspecified atom stereocenters. The second-order valence-corrected chi connectivity index (χ2v) is 12.5. The fourth-order valence-corrected chi connectivity index (χ4v) is 6.25. The molecule has 4 rings (SSSR count). The molecule has 0 spiro atoms. The zero-order chi connectivity index (χ0) is 35.9. The second-order valence-electron chi connectivity index (χ2n) is 10.8. The van der Waals surface area contributed by atoms with Gasteiger partial charge in [0.15, 0.2) is 30.2 Å². The van der Waals surface area contributed by atoms with Gasteiger partial charge in [0, 0.05) is 14.2 Å². The first kappa shape index (κ1) is 37.2. The number of anilines is 1. The van der Waals surface area contributed by atoms with Gasteiger partial charge in [0.05, 0.1) is 12.8 Å². The number of nitrogens with zero attached hydrogens (tertiary/aromatic N) is 4. The van der Waals surface area contributed by atoms with Crippen molar-refractivity contribution in [2.75, 3.05) is 33.7 Å². The summed E-state index contributed by atoms with van der Waals surface area (Å²) in [6.45, 7) is 3.26. The number of para-hydroxylation sites is 1. The Balaban J connectivity index is 1.83. The summed E-state index contributed by atoms with van der Waals surface area (Å²) in [5, 5.41) is 17.5. The van der Waals surface area contributed by atoms with Crippen LogP contribution in [0.4, 0.5) is 5.82 Å². The normalized spacial score (nSPS) is 23.4. The molecule has 1 aromatic carbocycles. The molecule has 1 saturated heterocycles. The van der Waals surface area contributed by atoms with Crippen molar-refractivity contribution in [2.45, 2.75) is 62.9 Å². The number of hydrogen-bond acceptors (Lipinski definition) is 16. The van der Waals surface area contributed by atoms with Gasteiger partial charge in [-0.25, -0.2) is 23.7 Å². The average molecular weight is 705 g/mol. The van der Waals surface area contributed by atoms with Gasteiger partial charge in [-0.05, 0) is 45.0 Å². The maximum atomic E-state index is 14.2. The molecular weight excluding hydrogens is 667 g/mol. The minimum Gasteiger partial charge on any atom is -0.468 e. The highest BCUT2D eigenvalue weighted by atomic mass is 31.2. The number of carbonyl (C=O) groups is 3. The van der Waals surface area contributed by atoms with E-state index in [1.807, 2.05) is 6.07 Å². The van der Waals surface area contributed by atoms with Crippen molar-refractivity contribution in [3.8, 4) is 11.8 Å². The molecule has 0 amide bonds. The summed E-state index contributed by atoms with van der Waals surface area (Å²) in [6, 6.07) is 11.7. The number of nitrogen functional groups attached to an aromatic ring is 1. The third kappa shape index (κ3) is 8.16. The number of esters is 3. The van der Waals surface area contributed by atoms with Crippen LogP contribution >= 0.6 is 7.75 Å². The van der Waals surface area contributed by atoms with E-state index in [1.54, 1.807) is 30.3 Å². The molecule has 3 aromatic rings. The molecule has 18 nitrogen and oxygen atoms in total. The van der Waals surface area contributed by atoms with Crippen LogP contribution in [-0.4, -0.2) is 96.5 Å². The zero-order valence-corrected chi connectivity index (χ0v) is 28.4. The first-order valence-corrected chi connectivity index (χ1v) is 16.3. The molecule has 0 saturated carbocycles. The number of nitrogens with one attached hydrogen (secondary N) is 1. The Kier molecular flexibility index (Phi) is 11.9. The number of aromatic nitrogens is 3. The Morgan fingerprint density at radius 2 is 1.69 bits per heavy atom. The van der Waals surface area contributed by atoms with E-state index in [0.717, 1.165) is 7.11 Å². The van der Waals surface area contributed by atoms with E-state index in [9.17, 15) is 24.2 Å². The van der Waals surface area contributed by atoms with Gasteiger partial charge >= 0.3 is 25.7 Å². The Bertz CT molecular complexity index is 1730. The molecule has 8 atom stereocenters. The number of methoxy groups -OCH3 is 3. The molecule has 19 heteroatoms. The predicted octanol–water partition coefficient (Wildman–Crippen LogP) is 1.89. The van der Waals surface area contributed by atoms with Crippen LogP contribution in [0.3, 0.4) is 0 Å². The van der Waals surface area contributed by atoms with Gasteiger partial charge in [-0.1, -0.05) is 18.2 Å². The zero-order valence-electron chi connectivity index (χ0n) is 27.5. The lowest BCUT2D eigenvalue weighted by molar-refractivity contribution is -0.180. The van der Waals surface area contributed by atoms with Gasteiger partial charge < -0.3 is 38.7 Å². The number of benzene rings is 1. The Morgan fingerprint density at radius 3 is 2.31 bits per heavy atom. The molecule has 1 aliphatic rings. The topological polar surface area (TPSA) is 234 Å². The molecule has 49 heavy (non-hydrogen) atoms. The van der Waals surface area contributed by atoms with Crippen molar-refractivity contribution in [3.63, 3.8) is 0 Å². The molecular formula is C30H37N6O12P. The number of hydrogen-bond donors (Lipinski definition) is 2. The summed E-state index contributed by atoms with van der Waals surface area (Å²) in [4.78, 5) is 42.6. The first-order chi connectivity index (χ1) is 23.3. The quantitative estimate of drug-likeness (QED) is 0.131. The van der Waals surface area contributed by atoms with E-state index in [-0.39, 0.29) is 17.3 Å². The van der Waals surface area contributed by atoms with Gasteiger partial charge in [-0.15, -0.1) is 0 Å². The van der Waals surface area contributed by atoms with Crippen LogP contribution in [0.5, 0.6) is 5.75 Å². The van der Waals surface area contributed by atoms with Crippen LogP contribution in [-0.2, 0) is 51.9 Å². The number of nitriles is 1. The molecule has 0 radical (unpaired) electrons. The number of nitrogens with two attached hydrogens (primary N) is 1. The standard InChI is InChI=1S/C30H37N6O12P/c1-17(27(37)43-6)35-49(40,48-20-10-8-7-9-11-20)44-15-30(14-31)25(46-29(39)19(3)42-5)24(45-28(38)18(2)41-4)23(47-30)21-12-13-22-26(32)33-16-34-36(21)22/h7-13,16-19,23-25H,15H2,1-6H3,(H,35,40)(H2,32,33,34)/t17-,18+,19+,23-,24-,25-,30+,49?/m0/s1. The lowest BCUT2D eigenvalue weighted by Crippen LogP contribution is -2.51. The van der Waals surface area contributed by atoms with Crippen molar-refractivity contribution in [1.29, 1.82) is 5.26 Å². The van der Waals surface area contributed by atoms with Crippen molar-refractivity contribution in [3.05, 3.63) is 54.5 Å². The lowest BCUT2D eigenvalue weighted by atomic mass is 9.95. The third-order valence-electron chi connectivity index (χ3n) is 7.58. The minimum absolute atomic E-state index is 0.0841. The lowest BCUT2D eigenvalue weighted by Gasteiger charge is -2.31. The monoisotopic (exact) mass is 704 g/mol. The first-order valence-electron chi connectivity index (χ1n) is 14.8. The van der Waals surface area contributed by atoms with Crippen molar-refractivity contribution >= 4 is 37.0 Å². The highest BCUT2D eigenvalue weighted by molar-refractivity contribution is 7.52. The summed E-state index contributed by atoms with van der Waals surface area (Å²) in [6.07, 6.45) is -5.71. The predicted molar refractivity (Wildman–Crippen MR) is 168 cm³/mol.